The molecule has 1 amide bonds. The van der Waals surface area contributed by atoms with Gasteiger partial charge >= 0.3 is 0 Å². The molecule has 0 aliphatic carbocycles. The minimum Gasteiger partial charge on any atom is -0.336 e. The number of rotatable bonds is 4. The summed E-state index contributed by atoms with van der Waals surface area (Å²) < 4.78 is 13.1. The molecule has 1 N–H and O–H groups in total. The fourth-order valence-corrected chi connectivity index (χ4v) is 2.94. The summed E-state index contributed by atoms with van der Waals surface area (Å²) in [7, 11) is 1.91. The van der Waals surface area contributed by atoms with Crippen LogP contribution in [0.4, 0.5) is 4.39 Å². The van der Waals surface area contributed by atoms with Gasteiger partial charge in [0.05, 0.1) is 10.6 Å². The maximum absolute atomic E-state index is 13.1. The number of halogens is 2. The Morgan fingerprint density at radius 2 is 2.30 bits per heavy atom. The van der Waals surface area contributed by atoms with Gasteiger partial charge in [0, 0.05) is 12.6 Å². The van der Waals surface area contributed by atoms with Crippen LogP contribution < -0.4 is 5.32 Å². The van der Waals surface area contributed by atoms with E-state index in [2.05, 4.69) is 5.32 Å². The van der Waals surface area contributed by atoms with Crippen LogP contribution in [0.15, 0.2) is 18.2 Å². The van der Waals surface area contributed by atoms with Crippen LogP contribution in [0.2, 0.25) is 5.02 Å². The average molecular weight is 299 g/mol. The van der Waals surface area contributed by atoms with Gasteiger partial charge in [0.2, 0.25) is 0 Å². The number of hydrogen-bond donors (Lipinski definition) is 1. The molecule has 1 atom stereocenters. The Balaban J connectivity index is 2.16. The molecule has 1 saturated heterocycles. The summed E-state index contributed by atoms with van der Waals surface area (Å²) in [5.41, 5.74) is 0.393. The van der Waals surface area contributed by atoms with Crippen molar-refractivity contribution in [2.75, 3.05) is 20.1 Å². The van der Waals surface area contributed by atoms with Crippen molar-refractivity contribution in [3.8, 4) is 0 Å². The molecular formula is C15H20ClFN2O. The molecule has 1 aliphatic heterocycles. The third-order valence-corrected chi connectivity index (χ3v) is 4.09. The van der Waals surface area contributed by atoms with E-state index < -0.39 is 5.82 Å². The first-order valence-corrected chi connectivity index (χ1v) is 7.42. The summed E-state index contributed by atoms with van der Waals surface area (Å²) in [6, 6.07) is 4.20. The quantitative estimate of drug-likeness (QED) is 0.926. The first-order chi connectivity index (χ1) is 9.63. The fraction of sp³-hybridized carbons (Fsp3) is 0.533. The van der Waals surface area contributed by atoms with Crippen LogP contribution >= 0.6 is 11.6 Å². The van der Waals surface area contributed by atoms with Gasteiger partial charge in [0.1, 0.15) is 5.82 Å². The largest absolute Gasteiger partial charge is 0.336 e. The number of carbonyl (C=O) groups excluding carboxylic acids is 1. The van der Waals surface area contributed by atoms with Gasteiger partial charge in [-0.2, -0.15) is 0 Å². The Hall–Kier alpha value is -1.13. The Morgan fingerprint density at radius 1 is 1.50 bits per heavy atom. The number of piperidine rings is 1. The predicted molar refractivity (Wildman–Crippen MR) is 78.6 cm³/mol. The zero-order valence-electron chi connectivity index (χ0n) is 11.7. The molecule has 1 fully saturated rings. The first kappa shape index (κ1) is 15.3. The van der Waals surface area contributed by atoms with Crippen LogP contribution in [0, 0.1) is 5.82 Å². The number of likely N-dealkylation sites (tertiary alicyclic amines) is 1. The molecule has 0 aromatic heterocycles. The number of amides is 1. The van der Waals surface area contributed by atoms with Crippen LogP contribution in [0.25, 0.3) is 0 Å². The van der Waals surface area contributed by atoms with Crippen molar-refractivity contribution in [3.05, 3.63) is 34.6 Å². The molecule has 3 nitrogen and oxygen atoms in total. The number of nitrogens with zero attached hydrogens (tertiary/aromatic N) is 1. The minimum absolute atomic E-state index is 0.0872. The van der Waals surface area contributed by atoms with Crippen molar-refractivity contribution >= 4 is 17.5 Å². The Bertz CT molecular complexity index is 481. The molecule has 0 radical (unpaired) electrons. The zero-order valence-corrected chi connectivity index (χ0v) is 12.4. The van der Waals surface area contributed by atoms with Gasteiger partial charge in [0.25, 0.3) is 5.91 Å². The maximum Gasteiger partial charge on any atom is 0.255 e. The van der Waals surface area contributed by atoms with Gasteiger partial charge in [-0.25, -0.2) is 4.39 Å². The van der Waals surface area contributed by atoms with E-state index in [1.165, 1.54) is 18.2 Å². The normalized spacial score (nSPS) is 19.1. The summed E-state index contributed by atoms with van der Waals surface area (Å²) in [4.78, 5) is 14.5. The molecule has 0 spiro atoms. The Morgan fingerprint density at radius 3 is 3.00 bits per heavy atom. The highest BCUT2D eigenvalue weighted by Crippen LogP contribution is 2.25. The zero-order chi connectivity index (χ0) is 14.5. The van der Waals surface area contributed by atoms with E-state index in [-0.39, 0.29) is 17.0 Å². The van der Waals surface area contributed by atoms with Crippen molar-refractivity contribution < 1.29 is 9.18 Å². The Labute approximate surface area is 124 Å². The van der Waals surface area contributed by atoms with E-state index in [9.17, 15) is 9.18 Å². The maximum atomic E-state index is 13.1. The van der Waals surface area contributed by atoms with Crippen LogP contribution in [-0.2, 0) is 0 Å². The van der Waals surface area contributed by atoms with Gasteiger partial charge in [-0.1, -0.05) is 11.6 Å². The second-order valence-corrected chi connectivity index (χ2v) is 5.57. The van der Waals surface area contributed by atoms with E-state index in [0.717, 1.165) is 38.8 Å². The van der Waals surface area contributed by atoms with Gasteiger partial charge in [-0.05, 0) is 57.5 Å². The molecule has 1 aromatic carbocycles. The number of nitrogens with one attached hydrogen (secondary N) is 1. The lowest BCUT2D eigenvalue weighted by molar-refractivity contribution is 0.0602. The molecule has 1 unspecified atom stereocenters. The van der Waals surface area contributed by atoms with Crippen molar-refractivity contribution in [2.45, 2.75) is 31.7 Å². The third-order valence-electron chi connectivity index (χ3n) is 3.78. The standard InChI is InChI=1S/C15H20ClFN2O/c1-18-8-7-12-4-2-3-9-19(12)15(20)13-6-5-11(17)10-14(13)16/h5-6,10,12,18H,2-4,7-9H2,1H3. The SMILES string of the molecule is CNCCC1CCCCN1C(=O)c1ccc(F)cc1Cl. The predicted octanol–water partition coefficient (Wildman–Crippen LogP) is 3.08. The fourth-order valence-electron chi connectivity index (χ4n) is 2.70. The van der Waals surface area contributed by atoms with E-state index in [0.29, 0.717) is 5.56 Å². The average Bonchev–Trinajstić information content (AvgIpc) is 2.45. The molecule has 1 heterocycles. The minimum atomic E-state index is -0.420. The van der Waals surface area contributed by atoms with Gasteiger partial charge < -0.3 is 10.2 Å². The van der Waals surface area contributed by atoms with E-state index in [4.69, 9.17) is 11.6 Å². The van der Waals surface area contributed by atoms with Crippen molar-refractivity contribution in [1.29, 1.82) is 0 Å². The highest BCUT2D eigenvalue weighted by atomic mass is 35.5. The summed E-state index contributed by atoms with van der Waals surface area (Å²) >= 11 is 6.00. The van der Waals surface area contributed by atoms with Gasteiger partial charge in [-0.15, -0.1) is 0 Å². The topological polar surface area (TPSA) is 32.3 Å². The monoisotopic (exact) mass is 298 g/mol. The summed E-state index contributed by atoms with van der Waals surface area (Å²) in [5, 5.41) is 3.31. The van der Waals surface area contributed by atoms with E-state index in [1.807, 2.05) is 11.9 Å². The molecule has 20 heavy (non-hydrogen) atoms. The molecule has 2 rings (SSSR count). The van der Waals surface area contributed by atoms with Crippen LogP contribution in [0.5, 0.6) is 0 Å². The van der Waals surface area contributed by atoms with Crippen molar-refractivity contribution in [1.82, 2.24) is 10.2 Å². The van der Waals surface area contributed by atoms with E-state index in [1.54, 1.807) is 0 Å². The molecular weight excluding hydrogens is 279 g/mol. The lowest BCUT2D eigenvalue weighted by Crippen LogP contribution is -2.44. The molecule has 110 valence electrons. The van der Waals surface area contributed by atoms with Crippen molar-refractivity contribution in [3.63, 3.8) is 0 Å². The lowest BCUT2D eigenvalue weighted by Gasteiger charge is -2.36. The number of benzene rings is 1. The van der Waals surface area contributed by atoms with Crippen LogP contribution in [0.1, 0.15) is 36.0 Å². The van der Waals surface area contributed by atoms with Crippen LogP contribution in [0.3, 0.4) is 0 Å². The highest BCUT2D eigenvalue weighted by Gasteiger charge is 2.28. The van der Waals surface area contributed by atoms with Crippen molar-refractivity contribution in [2.24, 2.45) is 0 Å². The highest BCUT2D eigenvalue weighted by molar-refractivity contribution is 6.33. The van der Waals surface area contributed by atoms with Gasteiger partial charge in [0.15, 0.2) is 0 Å². The molecule has 1 aliphatic rings. The lowest BCUT2D eigenvalue weighted by atomic mass is 9.98. The van der Waals surface area contributed by atoms with E-state index >= 15 is 0 Å². The number of carbonyl (C=O) groups is 1. The molecule has 5 heteroatoms. The number of hydrogen-bond acceptors (Lipinski definition) is 2. The molecule has 0 saturated carbocycles. The Kier molecular flexibility index (Phi) is 5.38. The first-order valence-electron chi connectivity index (χ1n) is 7.04. The van der Waals surface area contributed by atoms with Crippen LogP contribution in [-0.4, -0.2) is 37.0 Å². The third kappa shape index (κ3) is 3.49. The second-order valence-electron chi connectivity index (χ2n) is 5.16. The smallest absolute Gasteiger partial charge is 0.255 e. The molecule has 0 bridgehead atoms. The van der Waals surface area contributed by atoms with Gasteiger partial charge in [-0.3, -0.25) is 4.79 Å². The summed E-state index contributed by atoms with van der Waals surface area (Å²) in [6.07, 6.45) is 4.11. The second kappa shape index (κ2) is 7.04. The molecule has 1 aromatic rings. The summed E-state index contributed by atoms with van der Waals surface area (Å²) in [5.74, 6) is -0.507. The summed E-state index contributed by atoms with van der Waals surface area (Å²) in [6.45, 7) is 1.63.